The minimum absolute atomic E-state index is 0.158. The van der Waals surface area contributed by atoms with Crippen LogP contribution in [-0.2, 0) is 4.79 Å². The van der Waals surface area contributed by atoms with Gasteiger partial charge in [0.05, 0.1) is 5.38 Å². The number of rotatable bonds is 5. The molecular formula is C11H18ClNO. The maximum absolute atomic E-state index is 11.5. The Labute approximate surface area is 90.4 Å². The molecular weight excluding hydrogens is 198 g/mol. The van der Waals surface area contributed by atoms with Gasteiger partial charge >= 0.3 is 0 Å². The summed E-state index contributed by atoms with van der Waals surface area (Å²) in [6, 6.07) is 0. The zero-order chi connectivity index (χ0) is 10.2. The van der Waals surface area contributed by atoms with Crippen molar-refractivity contribution < 1.29 is 4.79 Å². The third-order valence-electron chi connectivity index (χ3n) is 3.32. The predicted molar refractivity (Wildman–Crippen MR) is 57.3 cm³/mol. The zero-order valence-corrected chi connectivity index (χ0v) is 9.44. The van der Waals surface area contributed by atoms with Crippen LogP contribution in [0, 0.1) is 11.3 Å². The van der Waals surface area contributed by atoms with Crippen LogP contribution in [0.2, 0.25) is 0 Å². The van der Waals surface area contributed by atoms with Crippen LogP contribution in [0.15, 0.2) is 0 Å². The van der Waals surface area contributed by atoms with Gasteiger partial charge in [0.1, 0.15) is 0 Å². The molecule has 0 aromatic heterocycles. The Morgan fingerprint density at radius 3 is 2.71 bits per heavy atom. The van der Waals surface area contributed by atoms with Gasteiger partial charge in [0.25, 0.3) is 0 Å². The zero-order valence-electron chi connectivity index (χ0n) is 8.68. The number of alkyl halides is 1. The summed E-state index contributed by atoms with van der Waals surface area (Å²) >= 11 is 6.09. The fraction of sp³-hybridized carbons (Fsp3) is 0.909. The highest BCUT2D eigenvalue weighted by Gasteiger charge is 2.39. The lowest BCUT2D eigenvalue weighted by Gasteiger charge is -2.11. The van der Waals surface area contributed by atoms with Crippen molar-refractivity contribution in [2.24, 2.45) is 11.3 Å². The van der Waals surface area contributed by atoms with Crippen molar-refractivity contribution in [2.45, 2.75) is 44.4 Å². The first kappa shape index (κ1) is 10.3. The Morgan fingerprint density at radius 2 is 2.21 bits per heavy atom. The lowest BCUT2D eigenvalue weighted by molar-refractivity contribution is -0.122. The molecule has 14 heavy (non-hydrogen) atoms. The smallest absolute Gasteiger partial charge is 0.220 e. The first-order chi connectivity index (χ1) is 6.59. The van der Waals surface area contributed by atoms with E-state index in [0.29, 0.717) is 24.3 Å². The van der Waals surface area contributed by atoms with Gasteiger partial charge in [0, 0.05) is 13.0 Å². The summed E-state index contributed by atoms with van der Waals surface area (Å²) in [4.78, 5) is 11.5. The van der Waals surface area contributed by atoms with Gasteiger partial charge in [-0.05, 0) is 37.0 Å². The van der Waals surface area contributed by atoms with Gasteiger partial charge in [-0.1, -0.05) is 6.92 Å². The summed E-state index contributed by atoms with van der Waals surface area (Å²) < 4.78 is 0. The molecule has 2 aliphatic carbocycles. The molecule has 0 aliphatic heterocycles. The third kappa shape index (κ3) is 2.88. The molecule has 0 bridgehead atoms. The van der Waals surface area contributed by atoms with Gasteiger partial charge in [-0.2, -0.15) is 0 Å². The van der Waals surface area contributed by atoms with E-state index in [1.54, 1.807) is 0 Å². The van der Waals surface area contributed by atoms with Crippen molar-refractivity contribution in [1.29, 1.82) is 0 Å². The van der Waals surface area contributed by atoms with E-state index in [0.717, 1.165) is 0 Å². The van der Waals surface area contributed by atoms with Crippen molar-refractivity contribution >= 4 is 17.5 Å². The highest BCUT2D eigenvalue weighted by Crippen LogP contribution is 2.47. The van der Waals surface area contributed by atoms with E-state index in [1.165, 1.54) is 25.7 Å². The molecule has 2 nitrogen and oxygen atoms in total. The molecule has 0 spiro atoms. The van der Waals surface area contributed by atoms with Gasteiger partial charge in [-0.15, -0.1) is 11.6 Å². The minimum Gasteiger partial charge on any atom is -0.355 e. The fourth-order valence-electron chi connectivity index (χ4n) is 1.68. The maximum Gasteiger partial charge on any atom is 0.220 e. The molecule has 1 N–H and O–H groups in total. The Hall–Kier alpha value is -0.240. The first-order valence-electron chi connectivity index (χ1n) is 5.50. The van der Waals surface area contributed by atoms with Gasteiger partial charge in [0.15, 0.2) is 0 Å². The summed E-state index contributed by atoms with van der Waals surface area (Å²) in [6.45, 7) is 2.83. The molecule has 1 unspecified atom stereocenters. The highest BCUT2D eigenvalue weighted by molar-refractivity contribution is 6.21. The summed E-state index contributed by atoms with van der Waals surface area (Å²) in [6.07, 6.45) is 5.56. The van der Waals surface area contributed by atoms with Crippen molar-refractivity contribution in [2.75, 3.05) is 6.54 Å². The molecule has 3 heteroatoms. The quantitative estimate of drug-likeness (QED) is 0.701. The van der Waals surface area contributed by atoms with Crippen molar-refractivity contribution in [3.63, 3.8) is 0 Å². The van der Waals surface area contributed by atoms with Crippen molar-refractivity contribution in [3.8, 4) is 0 Å². The van der Waals surface area contributed by atoms with Crippen LogP contribution >= 0.6 is 11.6 Å². The molecule has 0 aromatic carbocycles. The lowest BCUT2D eigenvalue weighted by Crippen LogP contribution is -2.31. The molecule has 2 rings (SSSR count). The lowest BCUT2D eigenvalue weighted by atomic mass is 10.1. The van der Waals surface area contributed by atoms with Crippen LogP contribution in [0.1, 0.15) is 39.0 Å². The van der Waals surface area contributed by atoms with Crippen LogP contribution < -0.4 is 5.32 Å². The number of amides is 1. The predicted octanol–water partition coefficient (Wildman–Crippen LogP) is 2.31. The second-order valence-corrected chi connectivity index (χ2v) is 5.71. The first-order valence-corrected chi connectivity index (χ1v) is 5.93. The Kier molecular flexibility index (Phi) is 2.74. The third-order valence-corrected chi connectivity index (χ3v) is 3.83. The average molecular weight is 216 g/mol. The van der Waals surface area contributed by atoms with Crippen LogP contribution in [0.25, 0.3) is 0 Å². The summed E-state index contributed by atoms with van der Waals surface area (Å²) in [5.41, 5.74) is 0.311. The van der Waals surface area contributed by atoms with Crippen LogP contribution in [0.3, 0.4) is 0 Å². The highest BCUT2D eigenvalue weighted by atomic mass is 35.5. The average Bonchev–Trinajstić information content (AvgIpc) is 2.96. The van der Waals surface area contributed by atoms with E-state index >= 15 is 0 Å². The summed E-state index contributed by atoms with van der Waals surface area (Å²) in [7, 11) is 0. The van der Waals surface area contributed by atoms with E-state index < -0.39 is 0 Å². The minimum atomic E-state index is 0.158. The number of hydrogen-bond acceptors (Lipinski definition) is 1. The Balaban J connectivity index is 1.61. The molecule has 2 saturated carbocycles. The van der Waals surface area contributed by atoms with Gasteiger partial charge in [-0.25, -0.2) is 0 Å². The largest absolute Gasteiger partial charge is 0.355 e. The number of nitrogens with one attached hydrogen (secondary N) is 1. The number of hydrogen-bond donors (Lipinski definition) is 1. The van der Waals surface area contributed by atoms with Gasteiger partial charge < -0.3 is 5.32 Å². The van der Waals surface area contributed by atoms with Crippen LogP contribution in [0.5, 0.6) is 0 Å². The van der Waals surface area contributed by atoms with E-state index in [-0.39, 0.29) is 11.3 Å². The molecule has 2 fully saturated rings. The molecule has 1 atom stereocenters. The topological polar surface area (TPSA) is 29.1 Å². The summed E-state index contributed by atoms with van der Waals surface area (Å²) in [5.74, 6) is 0.838. The van der Waals surface area contributed by atoms with Gasteiger partial charge in [0.2, 0.25) is 5.91 Å². The maximum atomic E-state index is 11.5. The Bertz CT molecular complexity index is 233. The van der Waals surface area contributed by atoms with E-state index in [9.17, 15) is 4.79 Å². The SMILES string of the molecule is CC1(CC(=O)NCC(Cl)C2CC2)CC1. The van der Waals surface area contributed by atoms with Crippen LogP contribution in [0.4, 0.5) is 0 Å². The van der Waals surface area contributed by atoms with Gasteiger partial charge in [-0.3, -0.25) is 4.79 Å². The Morgan fingerprint density at radius 1 is 1.57 bits per heavy atom. The van der Waals surface area contributed by atoms with E-state index in [2.05, 4.69) is 12.2 Å². The van der Waals surface area contributed by atoms with Crippen molar-refractivity contribution in [1.82, 2.24) is 5.32 Å². The van der Waals surface area contributed by atoms with E-state index in [1.807, 2.05) is 0 Å². The van der Waals surface area contributed by atoms with Crippen LogP contribution in [-0.4, -0.2) is 17.8 Å². The molecule has 2 aliphatic rings. The molecule has 1 amide bonds. The normalized spacial score (nSPS) is 25.6. The number of carbonyl (C=O) groups is 1. The molecule has 0 radical (unpaired) electrons. The standard InChI is InChI=1S/C11H18ClNO/c1-11(4-5-11)6-10(14)13-7-9(12)8-2-3-8/h8-9H,2-7H2,1H3,(H,13,14). The fourth-order valence-corrected chi connectivity index (χ4v) is 2.01. The molecule has 0 aromatic rings. The molecule has 80 valence electrons. The second-order valence-electron chi connectivity index (χ2n) is 5.14. The second kappa shape index (κ2) is 3.73. The number of carbonyl (C=O) groups excluding carboxylic acids is 1. The molecule has 0 saturated heterocycles. The monoisotopic (exact) mass is 215 g/mol. The number of halogens is 1. The van der Waals surface area contributed by atoms with E-state index in [4.69, 9.17) is 11.6 Å². The van der Waals surface area contributed by atoms with Crippen molar-refractivity contribution in [3.05, 3.63) is 0 Å². The molecule has 0 heterocycles. The summed E-state index contributed by atoms with van der Waals surface area (Å²) in [5, 5.41) is 3.09.